The fraction of sp³-hybridized carbons (Fsp3) is 0.625. The highest BCUT2D eigenvalue weighted by Crippen LogP contribution is 2.47. The van der Waals surface area contributed by atoms with Crippen molar-refractivity contribution in [3.05, 3.63) is 29.3 Å². The summed E-state index contributed by atoms with van der Waals surface area (Å²) in [6.07, 6.45) is 3.52. The number of hydrogen-bond donors (Lipinski definition) is 2. The first-order valence-electron chi connectivity index (χ1n) is 7.56. The summed E-state index contributed by atoms with van der Waals surface area (Å²) in [6, 6.07) is 6.69. The highest BCUT2D eigenvalue weighted by atomic mass is 35.5. The van der Waals surface area contributed by atoms with Crippen LogP contribution in [0.3, 0.4) is 0 Å². The highest BCUT2D eigenvalue weighted by molar-refractivity contribution is 5.85. The molecule has 21 heavy (non-hydrogen) atoms. The Hall–Kier alpha value is -0.480. The van der Waals surface area contributed by atoms with Crippen LogP contribution in [-0.4, -0.2) is 36.2 Å². The lowest BCUT2D eigenvalue weighted by molar-refractivity contribution is 0.153. The summed E-state index contributed by atoms with van der Waals surface area (Å²) in [5.41, 5.74) is 2.24. The number of aryl methyl sites for hydroxylation is 1. The van der Waals surface area contributed by atoms with Crippen LogP contribution in [0.15, 0.2) is 18.2 Å². The molecule has 1 atom stereocenters. The quantitative estimate of drug-likeness (QED) is 0.888. The second-order valence-electron chi connectivity index (χ2n) is 5.78. The van der Waals surface area contributed by atoms with Gasteiger partial charge in [0.25, 0.3) is 0 Å². The van der Waals surface area contributed by atoms with Gasteiger partial charge in [-0.1, -0.05) is 25.1 Å². The maximum atomic E-state index is 10.5. The first-order valence-corrected chi connectivity index (χ1v) is 7.56. The van der Waals surface area contributed by atoms with Crippen molar-refractivity contribution < 1.29 is 5.11 Å². The van der Waals surface area contributed by atoms with Crippen LogP contribution in [0, 0.1) is 5.92 Å². The molecule has 0 unspecified atom stereocenters. The fourth-order valence-corrected chi connectivity index (χ4v) is 3.26. The van der Waals surface area contributed by atoms with Crippen LogP contribution in [0.25, 0.3) is 0 Å². The van der Waals surface area contributed by atoms with Gasteiger partial charge in [0.05, 0.1) is 0 Å². The van der Waals surface area contributed by atoms with E-state index >= 15 is 0 Å². The van der Waals surface area contributed by atoms with E-state index in [0.29, 0.717) is 11.8 Å². The Labute approximate surface area is 139 Å². The number of para-hydroxylation sites is 1. The summed E-state index contributed by atoms with van der Waals surface area (Å²) in [5, 5.41) is 13.9. The van der Waals surface area contributed by atoms with E-state index in [1.807, 2.05) is 6.07 Å². The first-order chi connectivity index (χ1) is 9.31. The standard InChI is InChI=1S/C16H24N2O.2ClH/c1-2-12-4-3-5-14(16(12)19)15(13-6-7-13)18-10-8-17-9-11-18;;/h3-5,13,15,17,19H,2,6-11H2,1H3;2*1H/t15-;;/m0../s1. The number of piperazine rings is 1. The lowest BCUT2D eigenvalue weighted by atomic mass is 9.95. The van der Waals surface area contributed by atoms with Crippen LogP contribution >= 0.6 is 24.8 Å². The van der Waals surface area contributed by atoms with E-state index in [1.165, 1.54) is 12.8 Å². The molecule has 5 heteroatoms. The van der Waals surface area contributed by atoms with Crippen LogP contribution in [0.4, 0.5) is 0 Å². The van der Waals surface area contributed by atoms with Gasteiger partial charge in [0.15, 0.2) is 0 Å². The lowest BCUT2D eigenvalue weighted by Gasteiger charge is -2.36. The third-order valence-corrected chi connectivity index (χ3v) is 4.46. The van der Waals surface area contributed by atoms with E-state index in [1.54, 1.807) is 0 Å². The normalized spacial score (nSPS) is 20.2. The van der Waals surface area contributed by atoms with Crippen molar-refractivity contribution in [3.8, 4) is 5.75 Å². The number of phenolic OH excluding ortho intramolecular Hbond substituents is 1. The van der Waals surface area contributed by atoms with Gasteiger partial charge in [0.1, 0.15) is 5.75 Å². The minimum atomic E-state index is 0. The van der Waals surface area contributed by atoms with E-state index in [-0.39, 0.29) is 24.8 Å². The number of phenols is 1. The minimum absolute atomic E-state index is 0. The van der Waals surface area contributed by atoms with Gasteiger partial charge >= 0.3 is 0 Å². The predicted octanol–water partition coefficient (Wildman–Crippen LogP) is 3.15. The summed E-state index contributed by atoms with van der Waals surface area (Å²) < 4.78 is 0. The summed E-state index contributed by atoms with van der Waals surface area (Å²) in [5.74, 6) is 1.29. The first kappa shape index (κ1) is 18.6. The third-order valence-electron chi connectivity index (χ3n) is 4.46. The van der Waals surface area contributed by atoms with Crippen LogP contribution in [-0.2, 0) is 6.42 Å². The van der Waals surface area contributed by atoms with E-state index in [0.717, 1.165) is 49.6 Å². The van der Waals surface area contributed by atoms with Gasteiger partial charge in [0, 0.05) is 37.8 Å². The molecule has 1 aromatic rings. The number of hydrogen-bond acceptors (Lipinski definition) is 3. The maximum Gasteiger partial charge on any atom is 0.123 e. The molecular formula is C16H26Cl2N2O. The molecule has 3 nitrogen and oxygen atoms in total. The highest BCUT2D eigenvalue weighted by Gasteiger charge is 2.38. The zero-order valence-electron chi connectivity index (χ0n) is 12.5. The molecule has 0 amide bonds. The Morgan fingerprint density at radius 3 is 2.48 bits per heavy atom. The van der Waals surface area contributed by atoms with Gasteiger partial charge in [-0.25, -0.2) is 0 Å². The number of halogens is 2. The molecule has 0 radical (unpaired) electrons. The van der Waals surface area contributed by atoms with E-state index in [4.69, 9.17) is 0 Å². The van der Waals surface area contributed by atoms with Crippen LogP contribution in [0.2, 0.25) is 0 Å². The summed E-state index contributed by atoms with van der Waals surface area (Å²) >= 11 is 0. The average molecular weight is 333 g/mol. The summed E-state index contributed by atoms with van der Waals surface area (Å²) in [7, 11) is 0. The van der Waals surface area contributed by atoms with Gasteiger partial charge < -0.3 is 10.4 Å². The number of rotatable bonds is 4. The Kier molecular flexibility index (Phi) is 7.28. The van der Waals surface area contributed by atoms with Crippen molar-refractivity contribution in [2.45, 2.75) is 32.2 Å². The summed E-state index contributed by atoms with van der Waals surface area (Å²) in [4.78, 5) is 2.56. The Morgan fingerprint density at radius 2 is 1.90 bits per heavy atom. The molecule has 1 saturated heterocycles. The number of nitrogens with one attached hydrogen (secondary N) is 1. The second-order valence-corrected chi connectivity index (χ2v) is 5.78. The smallest absolute Gasteiger partial charge is 0.123 e. The van der Waals surface area contributed by atoms with E-state index < -0.39 is 0 Å². The van der Waals surface area contributed by atoms with Gasteiger partial charge in [-0.2, -0.15) is 0 Å². The number of nitrogens with zero attached hydrogens (tertiary/aromatic N) is 1. The molecular weight excluding hydrogens is 307 g/mol. The second kappa shape index (κ2) is 8.23. The molecule has 1 aromatic carbocycles. The molecule has 0 aromatic heterocycles. The molecule has 1 heterocycles. The molecule has 2 N–H and O–H groups in total. The molecule has 1 aliphatic heterocycles. The molecule has 2 aliphatic rings. The molecule has 0 bridgehead atoms. The number of aromatic hydroxyl groups is 1. The minimum Gasteiger partial charge on any atom is -0.507 e. The van der Waals surface area contributed by atoms with Crippen LogP contribution < -0.4 is 5.32 Å². The van der Waals surface area contributed by atoms with E-state index in [9.17, 15) is 5.11 Å². The van der Waals surface area contributed by atoms with Crippen molar-refractivity contribution >= 4 is 24.8 Å². The third kappa shape index (κ3) is 4.04. The van der Waals surface area contributed by atoms with Crippen molar-refractivity contribution in [1.82, 2.24) is 10.2 Å². The molecule has 1 saturated carbocycles. The van der Waals surface area contributed by atoms with Gasteiger partial charge in [0.2, 0.25) is 0 Å². The lowest BCUT2D eigenvalue weighted by Crippen LogP contribution is -2.45. The fourth-order valence-electron chi connectivity index (χ4n) is 3.26. The molecule has 120 valence electrons. The van der Waals surface area contributed by atoms with Gasteiger partial charge in [-0.3, -0.25) is 4.90 Å². The van der Waals surface area contributed by atoms with Crippen LogP contribution in [0.1, 0.15) is 36.9 Å². The predicted molar refractivity (Wildman–Crippen MR) is 91.9 cm³/mol. The van der Waals surface area contributed by atoms with Crippen molar-refractivity contribution in [1.29, 1.82) is 0 Å². The van der Waals surface area contributed by atoms with Crippen molar-refractivity contribution in [2.24, 2.45) is 5.92 Å². The molecule has 0 spiro atoms. The largest absolute Gasteiger partial charge is 0.507 e. The van der Waals surface area contributed by atoms with E-state index in [2.05, 4.69) is 29.3 Å². The van der Waals surface area contributed by atoms with Gasteiger partial charge in [-0.05, 0) is 30.7 Å². The Balaban J connectivity index is 0.00000110. The SMILES string of the molecule is CCc1cccc([C@H](C2CC2)N2CCNCC2)c1O.Cl.Cl. The number of benzene rings is 1. The molecule has 1 aliphatic carbocycles. The Bertz CT molecular complexity index is 446. The van der Waals surface area contributed by atoms with Crippen molar-refractivity contribution in [2.75, 3.05) is 26.2 Å². The average Bonchev–Trinajstić information content (AvgIpc) is 3.27. The van der Waals surface area contributed by atoms with Gasteiger partial charge in [-0.15, -0.1) is 24.8 Å². The monoisotopic (exact) mass is 332 g/mol. The zero-order chi connectivity index (χ0) is 13.2. The summed E-state index contributed by atoms with van der Waals surface area (Å²) in [6.45, 7) is 6.43. The Morgan fingerprint density at radius 1 is 1.24 bits per heavy atom. The molecule has 3 rings (SSSR count). The van der Waals surface area contributed by atoms with Crippen LogP contribution in [0.5, 0.6) is 5.75 Å². The molecule has 2 fully saturated rings. The maximum absolute atomic E-state index is 10.5. The topological polar surface area (TPSA) is 35.5 Å². The van der Waals surface area contributed by atoms with Crippen molar-refractivity contribution in [3.63, 3.8) is 0 Å². The zero-order valence-corrected chi connectivity index (χ0v) is 14.2.